The minimum absolute atomic E-state index is 0.344. The minimum atomic E-state index is -0.344. The van der Waals surface area contributed by atoms with Crippen LogP contribution in [0.2, 0.25) is 0 Å². The van der Waals surface area contributed by atoms with E-state index in [-0.39, 0.29) is 5.97 Å². The average Bonchev–Trinajstić information content (AvgIpc) is 2.03. The lowest BCUT2D eigenvalue weighted by Gasteiger charge is -1.97. The van der Waals surface area contributed by atoms with Gasteiger partial charge in [-0.25, -0.2) is 4.79 Å². The third kappa shape index (κ3) is 2.18. The molecule has 0 aliphatic rings. The number of methoxy groups -OCH3 is 1. The van der Waals surface area contributed by atoms with E-state index >= 15 is 0 Å². The predicted molar refractivity (Wildman–Crippen MR) is 49.3 cm³/mol. The summed E-state index contributed by atoms with van der Waals surface area (Å²) in [5, 5.41) is 0. The molecule has 2 nitrogen and oxygen atoms in total. The zero-order chi connectivity index (χ0) is 8.27. The van der Waals surface area contributed by atoms with Gasteiger partial charge in [-0.3, -0.25) is 0 Å². The molecule has 0 fully saturated rings. The van der Waals surface area contributed by atoms with Crippen LogP contribution in [0.1, 0.15) is 10.4 Å². The Bertz CT molecular complexity index is 271. The minimum Gasteiger partial charge on any atom is -0.465 e. The van der Waals surface area contributed by atoms with E-state index in [4.69, 9.17) is 0 Å². The van der Waals surface area contributed by atoms with Crippen molar-refractivity contribution in [3.05, 3.63) is 33.4 Å². The van der Waals surface area contributed by atoms with Crippen LogP contribution in [0.5, 0.6) is 0 Å². The summed E-state index contributed by atoms with van der Waals surface area (Å²) >= 11 is 2.09. The van der Waals surface area contributed by atoms with Crippen molar-refractivity contribution in [2.75, 3.05) is 7.11 Å². The Morgan fingerprint density at radius 3 is 2.91 bits per heavy atom. The van der Waals surface area contributed by atoms with Crippen molar-refractivity contribution in [2.24, 2.45) is 0 Å². The first-order valence-corrected chi connectivity index (χ1v) is 4.08. The zero-order valence-corrected chi connectivity index (χ0v) is 8.08. The molecule has 0 aliphatic heterocycles. The van der Waals surface area contributed by atoms with E-state index in [1.807, 2.05) is 6.07 Å². The maximum Gasteiger partial charge on any atom is 0.338 e. The van der Waals surface area contributed by atoms with Gasteiger partial charge < -0.3 is 4.74 Å². The standard InChI is InChI=1S/C8H6IO2/c1-11-8(10)6-3-2-4-7(9)5-6/h2-4H,1H3. The fourth-order valence-corrected chi connectivity index (χ4v) is 1.17. The second-order valence-corrected chi connectivity index (χ2v) is 3.07. The first-order valence-electron chi connectivity index (χ1n) is 3.00. The van der Waals surface area contributed by atoms with E-state index in [0.717, 1.165) is 3.57 Å². The van der Waals surface area contributed by atoms with Crippen LogP contribution in [0.4, 0.5) is 0 Å². The Morgan fingerprint density at radius 1 is 1.64 bits per heavy atom. The predicted octanol–water partition coefficient (Wildman–Crippen LogP) is 1.88. The highest BCUT2D eigenvalue weighted by molar-refractivity contribution is 14.1. The number of ether oxygens (including phenoxy) is 1. The van der Waals surface area contributed by atoms with Crippen LogP contribution in [0.25, 0.3) is 0 Å². The third-order valence-corrected chi connectivity index (χ3v) is 1.79. The Kier molecular flexibility index (Phi) is 2.87. The summed E-state index contributed by atoms with van der Waals surface area (Å²) in [5.74, 6) is -0.344. The van der Waals surface area contributed by atoms with Gasteiger partial charge in [0.1, 0.15) is 0 Å². The van der Waals surface area contributed by atoms with Gasteiger partial charge in [0.05, 0.1) is 12.7 Å². The SMILES string of the molecule is COC(=O)c1[c]c(I)ccc1. The summed E-state index contributed by atoms with van der Waals surface area (Å²) in [6.07, 6.45) is 0. The largest absolute Gasteiger partial charge is 0.465 e. The van der Waals surface area contributed by atoms with Crippen molar-refractivity contribution in [3.63, 3.8) is 0 Å². The maximum absolute atomic E-state index is 10.9. The van der Waals surface area contributed by atoms with Crippen LogP contribution in [0.3, 0.4) is 0 Å². The normalized spacial score (nSPS) is 9.27. The molecule has 11 heavy (non-hydrogen) atoms. The smallest absolute Gasteiger partial charge is 0.338 e. The van der Waals surface area contributed by atoms with E-state index in [1.165, 1.54) is 7.11 Å². The maximum atomic E-state index is 10.9. The third-order valence-electron chi connectivity index (χ3n) is 1.16. The molecule has 0 aromatic heterocycles. The van der Waals surface area contributed by atoms with Gasteiger partial charge in [-0.1, -0.05) is 6.07 Å². The van der Waals surface area contributed by atoms with Gasteiger partial charge in [0.2, 0.25) is 0 Å². The lowest BCUT2D eigenvalue weighted by atomic mass is 10.2. The molecular weight excluding hydrogens is 255 g/mol. The Hall–Kier alpha value is -0.580. The first kappa shape index (κ1) is 8.52. The molecule has 0 amide bonds. The highest BCUT2D eigenvalue weighted by atomic mass is 127. The number of benzene rings is 1. The summed E-state index contributed by atoms with van der Waals surface area (Å²) in [6.45, 7) is 0. The summed E-state index contributed by atoms with van der Waals surface area (Å²) < 4.78 is 5.43. The fraction of sp³-hybridized carbons (Fsp3) is 0.125. The summed E-state index contributed by atoms with van der Waals surface area (Å²) in [5.41, 5.74) is 0.472. The average molecular weight is 261 g/mol. The van der Waals surface area contributed by atoms with Gasteiger partial charge in [0.15, 0.2) is 0 Å². The van der Waals surface area contributed by atoms with Gasteiger partial charge >= 0.3 is 5.97 Å². The number of rotatable bonds is 1. The summed E-state index contributed by atoms with van der Waals surface area (Å²) in [6, 6.07) is 8.21. The van der Waals surface area contributed by atoms with E-state index in [0.29, 0.717) is 5.56 Å². The van der Waals surface area contributed by atoms with Crippen LogP contribution >= 0.6 is 22.6 Å². The molecule has 0 bridgehead atoms. The molecule has 0 N–H and O–H groups in total. The highest BCUT2D eigenvalue weighted by Gasteiger charge is 2.03. The lowest BCUT2D eigenvalue weighted by Crippen LogP contribution is -2.00. The molecular formula is C8H6IO2. The highest BCUT2D eigenvalue weighted by Crippen LogP contribution is 2.07. The van der Waals surface area contributed by atoms with Crippen LogP contribution in [0.15, 0.2) is 18.2 Å². The molecule has 0 spiro atoms. The molecule has 1 aromatic carbocycles. The topological polar surface area (TPSA) is 26.3 Å². The van der Waals surface area contributed by atoms with Gasteiger partial charge in [0.25, 0.3) is 0 Å². The Labute approximate surface area is 78.7 Å². The van der Waals surface area contributed by atoms with Crippen LogP contribution in [0, 0.1) is 9.64 Å². The van der Waals surface area contributed by atoms with Gasteiger partial charge in [0, 0.05) is 9.64 Å². The fourth-order valence-electron chi connectivity index (χ4n) is 0.670. The van der Waals surface area contributed by atoms with E-state index in [9.17, 15) is 4.79 Å². The van der Waals surface area contributed by atoms with E-state index < -0.39 is 0 Å². The molecule has 57 valence electrons. The van der Waals surface area contributed by atoms with Crippen molar-refractivity contribution in [1.82, 2.24) is 0 Å². The molecule has 1 radical (unpaired) electrons. The number of carbonyl (C=O) groups excluding carboxylic acids is 1. The second kappa shape index (κ2) is 3.71. The zero-order valence-electron chi connectivity index (χ0n) is 5.93. The van der Waals surface area contributed by atoms with Crippen LogP contribution in [-0.2, 0) is 4.74 Å². The molecule has 3 heteroatoms. The van der Waals surface area contributed by atoms with Crippen molar-refractivity contribution in [2.45, 2.75) is 0 Å². The molecule has 0 heterocycles. The van der Waals surface area contributed by atoms with Gasteiger partial charge in [-0.2, -0.15) is 0 Å². The monoisotopic (exact) mass is 261 g/mol. The second-order valence-electron chi connectivity index (χ2n) is 1.90. The molecule has 0 atom stereocenters. The van der Waals surface area contributed by atoms with Crippen molar-refractivity contribution in [1.29, 1.82) is 0 Å². The number of esters is 1. The number of halogens is 1. The van der Waals surface area contributed by atoms with Crippen LogP contribution < -0.4 is 0 Å². The van der Waals surface area contributed by atoms with Gasteiger partial charge in [-0.15, -0.1) is 0 Å². The van der Waals surface area contributed by atoms with Crippen molar-refractivity contribution < 1.29 is 9.53 Å². The van der Waals surface area contributed by atoms with Crippen molar-refractivity contribution in [3.8, 4) is 0 Å². The molecule has 1 aromatic rings. The Balaban J connectivity index is 2.96. The first-order chi connectivity index (χ1) is 5.24. The van der Waals surface area contributed by atoms with E-state index in [2.05, 4.69) is 33.4 Å². The summed E-state index contributed by atoms with van der Waals surface area (Å²) in [7, 11) is 1.36. The van der Waals surface area contributed by atoms with Crippen LogP contribution in [-0.4, -0.2) is 13.1 Å². The molecule has 0 saturated heterocycles. The molecule has 0 saturated carbocycles. The number of hydrogen-bond donors (Lipinski definition) is 0. The lowest BCUT2D eigenvalue weighted by molar-refractivity contribution is 0.0600. The molecule has 0 aliphatic carbocycles. The summed E-state index contributed by atoms with van der Waals surface area (Å²) in [4.78, 5) is 10.9. The number of hydrogen-bond acceptors (Lipinski definition) is 2. The molecule has 0 unspecified atom stereocenters. The van der Waals surface area contributed by atoms with Gasteiger partial charge in [-0.05, 0) is 34.7 Å². The quantitative estimate of drug-likeness (QED) is 0.570. The molecule has 1 rings (SSSR count). The number of carbonyl (C=O) groups is 1. The van der Waals surface area contributed by atoms with E-state index in [1.54, 1.807) is 12.1 Å². The Morgan fingerprint density at radius 2 is 2.36 bits per heavy atom. The van der Waals surface area contributed by atoms with Crippen molar-refractivity contribution >= 4 is 28.6 Å².